The van der Waals surface area contributed by atoms with Crippen molar-refractivity contribution in [2.75, 3.05) is 25.7 Å². The number of fused-ring (bicyclic) bond motifs is 1. The predicted molar refractivity (Wildman–Crippen MR) is 79.7 cm³/mol. The molecule has 0 aliphatic carbocycles. The summed E-state index contributed by atoms with van der Waals surface area (Å²) in [6.45, 7) is 1.94. The first-order valence-corrected chi connectivity index (χ1v) is 6.53. The van der Waals surface area contributed by atoms with Crippen molar-refractivity contribution < 1.29 is 14.3 Å². The van der Waals surface area contributed by atoms with Crippen LogP contribution in [0.1, 0.15) is 12.5 Å². The van der Waals surface area contributed by atoms with Gasteiger partial charge in [-0.2, -0.15) is 5.26 Å². The Balaban J connectivity index is 2.50. The highest BCUT2D eigenvalue weighted by Gasteiger charge is 2.22. The molecule has 5 heteroatoms. The lowest BCUT2D eigenvalue weighted by Gasteiger charge is -2.27. The van der Waals surface area contributed by atoms with Gasteiger partial charge in [0.15, 0.2) is 5.57 Å². The summed E-state index contributed by atoms with van der Waals surface area (Å²) < 4.78 is 10.1. The third-order valence-electron chi connectivity index (χ3n) is 3.23. The lowest BCUT2D eigenvalue weighted by molar-refractivity contribution is -0.138. The van der Waals surface area contributed by atoms with E-state index in [-0.39, 0.29) is 12.2 Å². The molecule has 1 aromatic rings. The molecule has 108 valence electrons. The molecule has 5 nitrogen and oxygen atoms in total. The maximum absolute atomic E-state index is 11.9. The van der Waals surface area contributed by atoms with E-state index in [0.717, 1.165) is 11.3 Å². The fourth-order valence-corrected chi connectivity index (χ4v) is 2.15. The molecule has 0 atom stereocenters. The zero-order valence-corrected chi connectivity index (χ0v) is 12.2. The highest BCUT2D eigenvalue weighted by atomic mass is 16.5. The molecule has 0 N–H and O–H groups in total. The minimum atomic E-state index is -0.613. The van der Waals surface area contributed by atoms with E-state index in [9.17, 15) is 10.1 Å². The lowest BCUT2D eigenvalue weighted by atomic mass is 10.0. The van der Waals surface area contributed by atoms with Crippen LogP contribution in [0.5, 0.6) is 5.75 Å². The minimum absolute atomic E-state index is 0.0101. The Kier molecular flexibility index (Phi) is 4.29. The molecule has 21 heavy (non-hydrogen) atoms. The molecule has 1 aromatic carbocycles. The molecule has 1 aliphatic rings. The molecule has 0 saturated carbocycles. The number of hydrogen-bond acceptors (Lipinski definition) is 5. The second kappa shape index (κ2) is 6.14. The molecule has 0 fully saturated rings. The monoisotopic (exact) mass is 284 g/mol. The topological polar surface area (TPSA) is 62.6 Å². The Morgan fingerprint density at radius 2 is 2.14 bits per heavy atom. The summed E-state index contributed by atoms with van der Waals surface area (Å²) in [4.78, 5) is 13.7. The summed E-state index contributed by atoms with van der Waals surface area (Å²) in [6, 6.07) is 7.58. The van der Waals surface area contributed by atoms with E-state index in [1.165, 1.54) is 0 Å². The molecule has 1 aliphatic heterocycles. The maximum Gasteiger partial charge on any atom is 0.351 e. The van der Waals surface area contributed by atoms with E-state index >= 15 is 0 Å². The number of likely N-dealkylation sites (N-methyl/N-ethyl adjacent to an activating group) is 1. The van der Waals surface area contributed by atoms with Gasteiger partial charge in [0, 0.05) is 13.1 Å². The van der Waals surface area contributed by atoms with Gasteiger partial charge in [0.25, 0.3) is 0 Å². The maximum atomic E-state index is 11.9. The van der Waals surface area contributed by atoms with E-state index in [0.29, 0.717) is 11.4 Å². The van der Waals surface area contributed by atoms with Gasteiger partial charge in [0.2, 0.25) is 0 Å². The van der Waals surface area contributed by atoms with E-state index in [2.05, 4.69) is 0 Å². The lowest BCUT2D eigenvalue weighted by Crippen LogP contribution is -2.23. The standard InChI is InChI=1S/C16H16N2O3/c1-4-21-16(19)13(10-17)14-8-6-11-5-7-12(20-3)9-15(11)18(14)2/h5-9H,4H2,1-3H3. The quantitative estimate of drug-likeness (QED) is 0.485. The Hall–Kier alpha value is -2.74. The van der Waals surface area contributed by atoms with Crippen LogP contribution >= 0.6 is 0 Å². The first-order valence-electron chi connectivity index (χ1n) is 6.53. The number of ether oxygens (including phenoxy) is 2. The van der Waals surface area contributed by atoms with Crippen molar-refractivity contribution in [3.05, 3.63) is 41.1 Å². The summed E-state index contributed by atoms with van der Waals surface area (Å²) in [7, 11) is 3.39. The van der Waals surface area contributed by atoms with Gasteiger partial charge < -0.3 is 14.4 Å². The van der Waals surface area contributed by atoms with Crippen LogP contribution < -0.4 is 9.64 Å². The number of hydrogen-bond donors (Lipinski definition) is 0. The van der Waals surface area contributed by atoms with Gasteiger partial charge in [0.05, 0.1) is 25.1 Å². The number of methoxy groups -OCH3 is 1. The first-order chi connectivity index (χ1) is 10.1. The van der Waals surface area contributed by atoms with E-state index in [4.69, 9.17) is 9.47 Å². The van der Waals surface area contributed by atoms with Crippen LogP contribution in [0.3, 0.4) is 0 Å². The molecule has 2 rings (SSSR count). The van der Waals surface area contributed by atoms with Crippen molar-refractivity contribution in [1.82, 2.24) is 0 Å². The Bertz CT molecular complexity index is 669. The molecular weight excluding hydrogens is 268 g/mol. The van der Waals surface area contributed by atoms with E-state index in [1.54, 1.807) is 32.1 Å². The molecule has 0 saturated heterocycles. The van der Waals surface area contributed by atoms with Crippen LogP contribution in [0.4, 0.5) is 5.69 Å². The number of allylic oxidation sites excluding steroid dienone is 1. The van der Waals surface area contributed by atoms with Crippen LogP contribution in [0, 0.1) is 11.3 Å². The molecule has 0 radical (unpaired) electrons. The van der Waals surface area contributed by atoms with Gasteiger partial charge in [-0.1, -0.05) is 6.08 Å². The zero-order chi connectivity index (χ0) is 15.4. The molecule has 1 heterocycles. The fraction of sp³-hybridized carbons (Fsp3) is 0.250. The smallest absolute Gasteiger partial charge is 0.351 e. The summed E-state index contributed by atoms with van der Waals surface area (Å²) >= 11 is 0. The number of benzene rings is 1. The van der Waals surface area contributed by atoms with Crippen LogP contribution in [-0.2, 0) is 9.53 Å². The van der Waals surface area contributed by atoms with E-state index in [1.807, 2.05) is 30.3 Å². The van der Waals surface area contributed by atoms with Gasteiger partial charge >= 0.3 is 5.97 Å². The highest BCUT2D eigenvalue weighted by Crippen LogP contribution is 2.33. The molecule has 0 bridgehead atoms. The molecule has 0 unspecified atom stereocenters. The highest BCUT2D eigenvalue weighted by molar-refractivity contribution is 5.96. The molecule has 0 spiro atoms. The second-order valence-corrected chi connectivity index (χ2v) is 4.41. The van der Waals surface area contributed by atoms with Crippen LogP contribution in [-0.4, -0.2) is 26.7 Å². The number of rotatable bonds is 3. The number of carbonyl (C=O) groups is 1. The van der Waals surface area contributed by atoms with Gasteiger partial charge in [-0.25, -0.2) is 4.79 Å². The van der Waals surface area contributed by atoms with E-state index < -0.39 is 5.97 Å². The Morgan fingerprint density at radius 3 is 2.76 bits per heavy atom. The number of carbonyl (C=O) groups excluding carboxylic acids is 1. The van der Waals surface area contributed by atoms with Gasteiger partial charge in [-0.05, 0) is 30.7 Å². The van der Waals surface area contributed by atoms with Crippen molar-refractivity contribution in [2.24, 2.45) is 0 Å². The van der Waals surface area contributed by atoms with Gasteiger partial charge in [-0.15, -0.1) is 0 Å². The molecule has 0 amide bonds. The summed E-state index contributed by atoms with van der Waals surface area (Å²) in [5.41, 5.74) is 2.35. The summed E-state index contributed by atoms with van der Waals surface area (Å²) in [5, 5.41) is 9.25. The fourth-order valence-electron chi connectivity index (χ4n) is 2.15. The minimum Gasteiger partial charge on any atom is -0.497 e. The van der Waals surface area contributed by atoms with Gasteiger partial charge in [-0.3, -0.25) is 0 Å². The number of nitriles is 1. The molecular formula is C16H16N2O3. The predicted octanol–water partition coefficient (Wildman–Crippen LogP) is 2.50. The van der Waals surface area contributed by atoms with Crippen molar-refractivity contribution in [3.8, 4) is 11.8 Å². The zero-order valence-electron chi connectivity index (χ0n) is 12.2. The summed E-state index contributed by atoms with van der Waals surface area (Å²) in [5.74, 6) is 0.0998. The first kappa shape index (κ1) is 14.7. The Labute approximate surface area is 123 Å². The number of anilines is 1. The summed E-state index contributed by atoms with van der Waals surface area (Å²) in [6.07, 6.45) is 3.60. The van der Waals surface area contributed by atoms with Crippen molar-refractivity contribution >= 4 is 17.7 Å². The number of nitrogens with zero attached hydrogens (tertiary/aromatic N) is 2. The van der Waals surface area contributed by atoms with Crippen molar-refractivity contribution in [3.63, 3.8) is 0 Å². The van der Waals surface area contributed by atoms with Crippen LogP contribution in [0.2, 0.25) is 0 Å². The normalized spacial score (nSPS) is 15.0. The molecule has 0 aromatic heterocycles. The second-order valence-electron chi connectivity index (χ2n) is 4.41. The largest absolute Gasteiger partial charge is 0.497 e. The number of esters is 1. The third kappa shape index (κ3) is 2.75. The van der Waals surface area contributed by atoms with Crippen molar-refractivity contribution in [1.29, 1.82) is 5.26 Å². The van der Waals surface area contributed by atoms with Crippen LogP contribution in [0.25, 0.3) is 6.08 Å². The Morgan fingerprint density at radius 1 is 1.38 bits per heavy atom. The SMILES string of the molecule is CCOC(=O)C(C#N)=C1C=Cc2ccc(OC)cc2N1C. The van der Waals surface area contributed by atoms with Crippen LogP contribution in [0.15, 0.2) is 35.5 Å². The third-order valence-corrected chi connectivity index (χ3v) is 3.23. The average molecular weight is 284 g/mol. The van der Waals surface area contributed by atoms with Crippen molar-refractivity contribution in [2.45, 2.75) is 6.92 Å². The van der Waals surface area contributed by atoms with Gasteiger partial charge in [0.1, 0.15) is 11.8 Å². The average Bonchev–Trinajstić information content (AvgIpc) is 2.50.